The van der Waals surface area contributed by atoms with Gasteiger partial charge in [0.1, 0.15) is 5.56 Å². The van der Waals surface area contributed by atoms with E-state index in [1.165, 1.54) is 37.3 Å². The van der Waals surface area contributed by atoms with E-state index in [1.807, 2.05) is 0 Å². The highest BCUT2D eigenvalue weighted by atomic mass is 35.5. The fourth-order valence-electron chi connectivity index (χ4n) is 2.72. The van der Waals surface area contributed by atoms with E-state index >= 15 is 0 Å². The van der Waals surface area contributed by atoms with Crippen LogP contribution >= 0.6 is 11.6 Å². The second-order valence-electron chi connectivity index (χ2n) is 6.40. The molecule has 2 aromatic carbocycles. The van der Waals surface area contributed by atoms with Crippen molar-refractivity contribution in [2.75, 3.05) is 16.6 Å². The molecule has 0 spiro atoms. The van der Waals surface area contributed by atoms with Crippen LogP contribution in [0.25, 0.3) is 0 Å². The van der Waals surface area contributed by atoms with Crippen molar-refractivity contribution in [3.05, 3.63) is 70.4 Å². The monoisotopic (exact) mass is 462 g/mol. The first-order valence-electron chi connectivity index (χ1n) is 9.13. The van der Waals surface area contributed by atoms with Gasteiger partial charge in [0.15, 0.2) is 0 Å². The normalized spacial score (nSPS) is 11.1. The van der Waals surface area contributed by atoms with Crippen LogP contribution in [0.2, 0.25) is 5.02 Å². The molecule has 0 saturated heterocycles. The Bertz CT molecular complexity index is 1220. The highest BCUT2D eigenvalue weighted by Crippen LogP contribution is 2.23. The molecule has 31 heavy (non-hydrogen) atoms. The number of esters is 1. The van der Waals surface area contributed by atoms with E-state index in [1.54, 1.807) is 25.1 Å². The molecule has 0 aliphatic rings. The number of aromatic amines is 1. The van der Waals surface area contributed by atoms with Gasteiger partial charge in [-0.3, -0.25) is 14.6 Å². The number of aromatic nitrogens is 2. The average Bonchev–Trinajstić information content (AvgIpc) is 3.12. The summed E-state index contributed by atoms with van der Waals surface area (Å²) in [5, 5.41) is 8.90. The Morgan fingerprint density at radius 3 is 2.52 bits per heavy atom. The van der Waals surface area contributed by atoms with Crippen molar-refractivity contribution in [2.45, 2.75) is 18.9 Å². The summed E-state index contributed by atoms with van der Waals surface area (Å²) in [7, 11) is -4.17. The Morgan fingerprint density at radius 1 is 1.13 bits per heavy atom. The maximum Gasteiger partial charge on any atom is 0.338 e. The fraction of sp³-hybridized carbons (Fsp3) is 0.150. The van der Waals surface area contributed by atoms with Crippen LogP contribution in [0, 0.1) is 6.92 Å². The molecule has 1 amide bonds. The van der Waals surface area contributed by atoms with Crippen molar-refractivity contribution in [1.82, 2.24) is 10.2 Å². The summed E-state index contributed by atoms with van der Waals surface area (Å²) in [6, 6.07) is 12.1. The molecule has 0 atom stereocenters. The minimum absolute atomic E-state index is 0.150. The molecule has 162 valence electrons. The highest BCUT2D eigenvalue weighted by molar-refractivity contribution is 7.92. The number of benzene rings is 2. The van der Waals surface area contributed by atoms with Crippen molar-refractivity contribution in [3.8, 4) is 0 Å². The molecular formula is C20H19ClN4O5S. The Kier molecular flexibility index (Phi) is 6.62. The largest absolute Gasteiger partial charge is 0.462 e. The molecule has 11 heteroatoms. The van der Waals surface area contributed by atoms with E-state index < -0.39 is 26.9 Å². The molecule has 0 saturated carbocycles. The number of halogens is 1. The number of rotatable bonds is 7. The van der Waals surface area contributed by atoms with Gasteiger partial charge >= 0.3 is 5.97 Å². The lowest BCUT2D eigenvalue weighted by Crippen LogP contribution is -2.20. The third-order valence-corrected chi connectivity index (χ3v) is 5.68. The number of carbonyl (C=O) groups is 2. The highest BCUT2D eigenvalue weighted by Gasteiger charge is 2.28. The van der Waals surface area contributed by atoms with Gasteiger partial charge in [0.2, 0.25) is 5.03 Å². The van der Waals surface area contributed by atoms with E-state index in [0.29, 0.717) is 10.7 Å². The summed E-state index contributed by atoms with van der Waals surface area (Å²) < 4.78 is 33.0. The Morgan fingerprint density at radius 2 is 1.84 bits per heavy atom. The number of hydrogen-bond donors (Lipinski definition) is 3. The molecule has 0 radical (unpaired) electrons. The number of anilines is 2. The summed E-state index contributed by atoms with van der Waals surface area (Å²) >= 11 is 5.82. The smallest absolute Gasteiger partial charge is 0.338 e. The number of amides is 1. The van der Waals surface area contributed by atoms with Crippen LogP contribution in [0.3, 0.4) is 0 Å². The second kappa shape index (κ2) is 9.19. The van der Waals surface area contributed by atoms with Crippen molar-refractivity contribution in [1.29, 1.82) is 0 Å². The lowest BCUT2D eigenvalue weighted by Gasteiger charge is -2.10. The molecule has 1 aromatic heterocycles. The summed E-state index contributed by atoms with van der Waals surface area (Å²) in [6.07, 6.45) is 0. The Labute approximate surface area is 183 Å². The second-order valence-corrected chi connectivity index (χ2v) is 8.43. The van der Waals surface area contributed by atoms with E-state index in [2.05, 4.69) is 20.2 Å². The van der Waals surface area contributed by atoms with Crippen LogP contribution in [-0.4, -0.2) is 37.1 Å². The van der Waals surface area contributed by atoms with Crippen molar-refractivity contribution in [2.24, 2.45) is 0 Å². The van der Waals surface area contributed by atoms with Gasteiger partial charge in [0.25, 0.3) is 15.9 Å². The van der Waals surface area contributed by atoms with Gasteiger partial charge in [-0.2, -0.15) is 13.5 Å². The van der Waals surface area contributed by atoms with Gasteiger partial charge in [0.05, 0.1) is 12.2 Å². The predicted octanol–water partition coefficient (Wildman–Crippen LogP) is 3.60. The summed E-state index contributed by atoms with van der Waals surface area (Å²) in [6.45, 7) is 3.43. The fourth-order valence-corrected chi connectivity index (χ4v) is 4.07. The lowest BCUT2D eigenvalue weighted by atomic mass is 10.2. The number of H-pyrrole nitrogens is 1. The van der Waals surface area contributed by atoms with Crippen LogP contribution in [0.1, 0.15) is 33.3 Å². The quantitative estimate of drug-likeness (QED) is 0.460. The van der Waals surface area contributed by atoms with Crippen molar-refractivity contribution in [3.63, 3.8) is 0 Å². The standard InChI is InChI=1S/C20H19ClN4O5S/c1-3-30-20(27)13-5-4-6-16(11-13)22-18(26)17-12(2)23-24-19(17)31(28,29)25-15-9-7-14(21)8-10-15/h4-11,25H,3H2,1-2H3,(H,22,26)(H,23,24). The first-order valence-corrected chi connectivity index (χ1v) is 11.0. The van der Waals surface area contributed by atoms with Crippen LogP contribution in [0.4, 0.5) is 11.4 Å². The zero-order valence-electron chi connectivity index (χ0n) is 16.6. The SMILES string of the molecule is CCOC(=O)c1cccc(NC(=O)c2c(S(=O)(=O)Nc3ccc(Cl)cc3)n[nH]c2C)c1. The molecule has 0 fully saturated rings. The molecule has 3 N–H and O–H groups in total. The molecule has 9 nitrogen and oxygen atoms in total. The number of sulfonamides is 1. The Hall–Kier alpha value is -3.37. The summed E-state index contributed by atoms with van der Waals surface area (Å²) in [4.78, 5) is 24.8. The zero-order valence-corrected chi connectivity index (χ0v) is 18.2. The minimum Gasteiger partial charge on any atom is -0.462 e. The summed E-state index contributed by atoms with van der Waals surface area (Å²) in [5.41, 5.74) is 0.919. The molecule has 0 bridgehead atoms. The Balaban J connectivity index is 1.86. The van der Waals surface area contributed by atoms with Crippen LogP contribution in [0.15, 0.2) is 53.6 Å². The average molecular weight is 463 g/mol. The number of nitrogens with zero attached hydrogens (tertiary/aromatic N) is 1. The number of hydrogen-bond acceptors (Lipinski definition) is 6. The van der Waals surface area contributed by atoms with Crippen molar-refractivity contribution < 1.29 is 22.7 Å². The third kappa shape index (κ3) is 5.22. The van der Waals surface area contributed by atoms with Gasteiger partial charge in [-0.1, -0.05) is 17.7 Å². The summed E-state index contributed by atoms with van der Waals surface area (Å²) in [5.74, 6) is -1.24. The van der Waals surface area contributed by atoms with E-state index in [0.717, 1.165) is 0 Å². The topological polar surface area (TPSA) is 130 Å². The van der Waals surface area contributed by atoms with E-state index in [4.69, 9.17) is 16.3 Å². The first kappa shape index (κ1) is 22.3. The maximum atomic E-state index is 12.9. The molecule has 0 aliphatic heterocycles. The molecule has 1 heterocycles. The molecule has 3 rings (SSSR count). The van der Waals surface area contributed by atoms with Gasteiger partial charge in [0, 0.05) is 22.1 Å². The number of ether oxygens (including phenoxy) is 1. The first-order chi connectivity index (χ1) is 14.7. The van der Waals surface area contributed by atoms with Gasteiger partial charge in [-0.25, -0.2) is 4.79 Å². The zero-order chi connectivity index (χ0) is 22.6. The maximum absolute atomic E-state index is 12.9. The molecule has 0 unspecified atom stereocenters. The molecule has 3 aromatic rings. The van der Waals surface area contributed by atoms with Gasteiger partial charge in [-0.05, 0) is 56.3 Å². The predicted molar refractivity (Wildman–Crippen MR) is 116 cm³/mol. The van der Waals surface area contributed by atoms with Crippen LogP contribution in [-0.2, 0) is 14.8 Å². The molecular weight excluding hydrogens is 444 g/mol. The van der Waals surface area contributed by atoms with Gasteiger partial charge in [-0.15, -0.1) is 0 Å². The van der Waals surface area contributed by atoms with Crippen molar-refractivity contribution >= 4 is 44.9 Å². The van der Waals surface area contributed by atoms with E-state index in [-0.39, 0.29) is 29.1 Å². The van der Waals surface area contributed by atoms with E-state index in [9.17, 15) is 18.0 Å². The molecule has 0 aliphatic carbocycles. The number of aryl methyl sites for hydroxylation is 1. The lowest BCUT2D eigenvalue weighted by molar-refractivity contribution is 0.0526. The number of nitrogens with one attached hydrogen (secondary N) is 3. The third-order valence-electron chi connectivity index (χ3n) is 4.12. The van der Waals surface area contributed by atoms with Crippen LogP contribution < -0.4 is 10.0 Å². The minimum atomic E-state index is -4.17. The number of carbonyl (C=O) groups excluding carboxylic acids is 2. The van der Waals surface area contributed by atoms with Crippen LogP contribution in [0.5, 0.6) is 0 Å². The van der Waals surface area contributed by atoms with Gasteiger partial charge < -0.3 is 10.1 Å².